The molecular weight excluding hydrogens is 496 g/mol. The zero-order chi connectivity index (χ0) is 47.8. The molecule has 1 heteroatoms. The first-order valence-corrected chi connectivity index (χ1v) is 12.2. The minimum atomic E-state index is -1.02. The molecule has 1 aliphatic heterocycles. The van der Waals surface area contributed by atoms with Crippen LogP contribution in [-0.4, -0.2) is 0 Å². The van der Waals surface area contributed by atoms with Crippen molar-refractivity contribution >= 4 is 43.1 Å². The standard InChI is InChI=1S/C40H24O/c1-3-13-29-25(9-1)19-20-35-36(29)24-27-10-2-4-14-31(27)39(35)28-12-7-11-26(23-28)30-21-22-38-40-33(30)16-8-17-34(40)32-15-5-6-18-37(32)41-38/h1-24H/i1D,2D,3D,4D,5D,6D,7D,8D,9D,10D,11D,12D,13D,14D,15D,16D,17D,18D,19D,20D,21D,22D,23D,24D. The van der Waals surface area contributed by atoms with E-state index in [0.717, 1.165) is 0 Å². The highest BCUT2D eigenvalue weighted by molar-refractivity contribution is 6.20. The molecule has 8 aromatic rings. The second-order valence-electron chi connectivity index (χ2n) is 9.01. The molecule has 0 atom stereocenters. The van der Waals surface area contributed by atoms with Crippen molar-refractivity contribution in [2.45, 2.75) is 0 Å². The SMILES string of the molecule is [2H]c1c([2H])c([2H])c2c(c1[2H])Oc1c([2H])c([2H])c(-c3c([2H])c([2H])c([2H])c(-c4c5c([2H])c([2H])c([2H])c([2H])c5c([2H])c5c4c([2H])c([2H])c4c([2H])c([2H])c([2H])c([2H])c45)c3[2H])c3c([2H])c([2H])c([2H])c-2c13. The topological polar surface area (TPSA) is 9.23 Å². The number of benzene rings is 8. The Morgan fingerprint density at radius 2 is 1.12 bits per heavy atom. The van der Waals surface area contributed by atoms with Gasteiger partial charge in [-0.3, -0.25) is 0 Å². The van der Waals surface area contributed by atoms with Gasteiger partial charge in [-0.25, -0.2) is 0 Å². The van der Waals surface area contributed by atoms with E-state index in [4.69, 9.17) is 29.4 Å². The molecule has 0 radical (unpaired) electrons. The van der Waals surface area contributed by atoms with Crippen LogP contribution in [0.3, 0.4) is 0 Å². The Morgan fingerprint density at radius 1 is 0.390 bits per heavy atom. The van der Waals surface area contributed by atoms with Gasteiger partial charge in [0.2, 0.25) is 0 Å². The van der Waals surface area contributed by atoms with Crippen LogP contribution in [0.4, 0.5) is 0 Å². The molecular formula is C40H24O. The number of hydrogen-bond donors (Lipinski definition) is 0. The monoisotopic (exact) mass is 544 g/mol. The summed E-state index contributed by atoms with van der Waals surface area (Å²) in [6, 6.07) is -20.4. The molecule has 0 amide bonds. The lowest BCUT2D eigenvalue weighted by Crippen LogP contribution is -1.97. The highest BCUT2D eigenvalue weighted by atomic mass is 16.5. The van der Waals surface area contributed by atoms with Crippen LogP contribution in [-0.2, 0) is 0 Å². The van der Waals surface area contributed by atoms with E-state index in [1.165, 1.54) is 0 Å². The van der Waals surface area contributed by atoms with Crippen LogP contribution in [0.15, 0.2) is 145 Å². The van der Waals surface area contributed by atoms with Gasteiger partial charge in [-0.05, 0) is 89.7 Å². The third-order valence-electron chi connectivity index (χ3n) is 6.82. The Bertz CT molecular complexity index is 3670. The van der Waals surface area contributed by atoms with Crippen molar-refractivity contribution < 1.29 is 37.6 Å². The summed E-state index contributed by atoms with van der Waals surface area (Å²) in [4.78, 5) is 0. The van der Waals surface area contributed by atoms with Gasteiger partial charge in [-0.15, -0.1) is 0 Å². The normalized spacial score (nSPS) is 20.3. The second-order valence-corrected chi connectivity index (χ2v) is 9.01. The maximum atomic E-state index is 9.84. The van der Waals surface area contributed by atoms with E-state index < -0.39 is 233 Å². The predicted octanol–water partition coefficient (Wildman–Crippen LogP) is 11.4. The van der Waals surface area contributed by atoms with E-state index in [-0.39, 0.29) is 0 Å². The van der Waals surface area contributed by atoms with Crippen LogP contribution >= 0.6 is 0 Å². The average molecular weight is 545 g/mol. The predicted molar refractivity (Wildman–Crippen MR) is 173 cm³/mol. The number of rotatable bonds is 2. The summed E-state index contributed by atoms with van der Waals surface area (Å²) in [5.41, 5.74) is -3.79. The van der Waals surface area contributed by atoms with Gasteiger partial charge in [0.1, 0.15) is 11.5 Å². The van der Waals surface area contributed by atoms with Gasteiger partial charge < -0.3 is 4.74 Å². The number of ether oxygens (including phenoxy) is 1. The Morgan fingerprint density at radius 3 is 2.07 bits per heavy atom. The maximum absolute atomic E-state index is 9.84. The molecule has 41 heavy (non-hydrogen) atoms. The van der Waals surface area contributed by atoms with Gasteiger partial charge in [0.15, 0.2) is 0 Å². The molecule has 1 aliphatic rings. The maximum Gasteiger partial charge on any atom is 0.135 e. The van der Waals surface area contributed by atoms with Crippen molar-refractivity contribution in [1.82, 2.24) is 0 Å². The molecule has 9 rings (SSSR count). The summed E-state index contributed by atoms with van der Waals surface area (Å²) in [5, 5.41) is -4.39. The summed E-state index contributed by atoms with van der Waals surface area (Å²) < 4.78 is 220. The molecule has 0 aliphatic carbocycles. The van der Waals surface area contributed by atoms with E-state index >= 15 is 0 Å². The van der Waals surface area contributed by atoms with Gasteiger partial charge in [0.05, 0.1) is 32.9 Å². The van der Waals surface area contributed by atoms with Gasteiger partial charge in [0, 0.05) is 10.9 Å². The lowest BCUT2D eigenvalue weighted by Gasteiger charge is -2.22. The minimum Gasteiger partial charge on any atom is -0.456 e. The number of fused-ring (bicyclic) bond motifs is 6. The van der Waals surface area contributed by atoms with Crippen molar-refractivity contribution in [3.8, 4) is 44.9 Å². The largest absolute Gasteiger partial charge is 0.456 e. The lowest BCUT2D eigenvalue weighted by atomic mass is 9.87. The molecule has 1 heterocycles. The molecule has 0 N–H and O–H groups in total. The average Bonchev–Trinajstić information content (AvgIpc) is 3.27. The third-order valence-corrected chi connectivity index (χ3v) is 6.82. The highest BCUT2D eigenvalue weighted by Gasteiger charge is 2.21. The van der Waals surface area contributed by atoms with E-state index in [1.807, 2.05) is 0 Å². The van der Waals surface area contributed by atoms with Crippen LogP contribution in [0, 0.1) is 0 Å². The highest BCUT2D eigenvalue weighted by Crippen LogP contribution is 2.49. The molecule has 0 spiro atoms. The Hall–Kier alpha value is -5.40. The van der Waals surface area contributed by atoms with Crippen molar-refractivity contribution in [2.75, 3.05) is 0 Å². The molecule has 0 saturated carbocycles. The van der Waals surface area contributed by atoms with E-state index in [2.05, 4.69) is 0 Å². The number of para-hydroxylation sites is 1. The first-order chi connectivity index (χ1) is 30.3. The zero-order valence-corrected chi connectivity index (χ0v) is 20.4. The van der Waals surface area contributed by atoms with Crippen molar-refractivity contribution in [1.29, 1.82) is 0 Å². The van der Waals surface area contributed by atoms with Crippen LogP contribution in [0.1, 0.15) is 32.9 Å². The first-order valence-electron chi connectivity index (χ1n) is 24.2. The van der Waals surface area contributed by atoms with Crippen LogP contribution in [0.5, 0.6) is 11.5 Å². The molecule has 190 valence electrons. The number of hydrogen-bond acceptors (Lipinski definition) is 1. The quantitative estimate of drug-likeness (QED) is 0.155. The Balaban J connectivity index is 1.57. The van der Waals surface area contributed by atoms with E-state index in [1.54, 1.807) is 0 Å². The zero-order valence-electron chi connectivity index (χ0n) is 44.4. The molecule has 0 fully saturated rings. The Labute approximate surface area is 271 Å². The van der Waals surface area contributed by atoms with E-state index in [9.17, 15) is 8.22 Å². The summed E-state index contributed by atoms with van der Waals surface area (Å²) in [6.07, 6.45) is 0. The fraction of sp³-hybridized carbons (Fsp3) is 0. The lowest BCUT2D eigenvalue weighted by molar-refractivity contribution is 0.487. The third kappa shape index (κ3) is 3.30. The smallest absolute Gasteiger partial charge is 0.135 e. The molecule has 0 aromatic heterocycles. The van der Waals surface area contributed by atoms with Crippen LogP contribution in [0.25, 0.3) is 76.5 Å². The fourth-order valence-electron chi connectivity index (χ4n) is 5.08. The van der Waals surface area contributed by atoms with Crippen molar-refractivity contribution in [3.05, 3.63) is 145 Å². The Kier molecular flexibility index (Phi) is 1.94. The van der Waals surface area contributed by atoms with Gasteiger partial charge >= 0.3 is 0 Å². The summed E-state index contributed by atoms with van der Waals surface area (Å²) in [6.45, 7) is 0. The fourth-order valence-corrected chi connectivity index (χ4v) is 5.08. The van der Waals surface area contributed by atoms with Crippen LogP contribution in [0.2, 0.25) is 0 Å². The van der Waals surface area contributed by atoms with Gasteiger partial charge in [0.25, 0.3) is 0 Å². The summed E-state index contributed by atoms with van der Waals surface area (Å²) in [7, 11) is 0. The summed E-state index contributed by atoms with van der Waals surface area (Å²) >= 11 is 0. The molecule has 1 nitrogen and oxygen atoms in total. The van der Waals surface area contributed by atoms with Crippen molar-refractivity contribution in [2.24, 2.45) is 0 Å². The summed E-state index contributed by atoms with van der Waals surface area (Å²) in [5.74, 6) is -1.13. The molecule has 8 aromatic carbocycles. The molecule has 0 bridgehead atoms. The minimum absolute atomic E-state index is 0.400. The first kappa shape index (κ1) is 9.33. The van der Waals surface area contributed by atoms with Crippen molar-refractivity contribution in [3.63, 3.8) is 0 Å². The second kappa shape index (κ2) is 8.55. The van der Waals surface area contributed by atoms with Gasteiger partial charge in [-0.1, -0.05) is 121 Å². The molecule has 0 saturated heterocycles. The van der Waals surface area contributed by atoms with Crippen LogP contribution < -0.4 is 4.74 Å². The van der Waals surface area contributed by atoms with Gasteiger partial charge in [-0.2, -0.15) is 0 Å². The van der Waals surface area contributed by atoms with E-state index in [0.29, 0.717) is 0 Å². The molecule has 0 unspecified atom stereocenters.